The third-order valence-corrected chi connectivity index (χ3v) is 6.02. The van der Waals surface area contributed by atoms with E-state index in [0.29, 0.717) is 26.0 Å². The van der Waals surface area contributed by atoms with Crippen molar-refractivity contribution in [3.05, 3.63) is 77.1 Å². The highest BCUT2D eigenvalue weighted by atomic mass is 16.5. The lowest BCUT2D eigenvalue weighted by Crippen LogP contribution is -2.15. The Kier molecular flexibility index (Phi) is 5.38. The number of aryl methyl sites for hydroxylation is 2. The first kappa shape index (κ1) is 20.9. The minimum Gasteiger partial charge on any atom is -0.466 e. The number of carbonyl (C=O) groups excluding carboxylic acids is 1. The summed E-state index contributed by atoms with van der Waals surface area (Å²) in [6.07, 6.45) is 5.04. The Bertz CT molecular complexity index is 1520. The number of H-pyrrole nitrogens is 2. The van der Waals surface area contributed by atoms with Gasteiger partial charge in [0.05, 0.1) is 23.5 Å². The highest BCUT2D eigenvalue weighted by molar-refractivity contribution is 5.97. The van der Waals surface area contributed by atoms with Crippen LogP contribution in [-0.2, 0) is 16.1 Å². The molecular weight excluding hydrogens is 416 g/mol. The van der Waals surface area contributed by atoms with E-state index in [0.717, 1.165) is 44.4 Å². The van der Waals surface area contributed by atoms with Crippen LogP contribution in [0.2, 0.25) is 0 Å². The van der Waals surface area contributed by atoms with Crippen LogP contribution in [0.5, 0.6) is 0 Å². The smallest absolute Gasteiger partial charge is 0.330 e. The molecule has 0 saturated carbocycles. The van der Waals surface area contributed by atoms with Gasteiger partial charge in [0.15, 0.2) is 0 Å². The fourth-order valence-electron chi connectivity index (χ4n) is 4.48. The second-order valence-corrected chi connectivity index (χ2v) is 8.14. The lowest BCUT2D eigenvalue weighted by Gasteiger charge is -2.07. The van der Waals surface area contributed by atoms with Gasteiger partial charge in [-0.3, -0.25) is 9.36 Å². The van der Waals surface area contributed by atoms with Gasteiger partial charge in [0.2, 0.25) is 0 Å². The van der Waals surface area contributed by atoms with Crippen LogP contribution < -0.4 is 5.69 Å². The summed E-state index contributed by atoms with van der Waals surface area (Å²) in [6.45, 7) is 4.77. The van der Waals surface area contributed by atoms with E-state index in [1.165, 1.54) is 0 Å². The van der Waals surface area contributed by atoms with Gasteiger partial charge in [-0.05, 0) is 25.5 Å². The molecule has 168 valence electrons. The molecule has 0 bridgehead atoms. The number of carbonyl (C=O) groups is 1. The summed E-state index contributed by atoms with van der Waals surface area (Å²) in [5.74, 6) is -0.189. The van der Waals surface area contributed by atoms with Gasteiger partial charge in [-0.25, -0.2) is 4.79 Å². The van der Waals surface area contributed by atoms with Gasteiger partial charge >= 0.3 is 11.7 Å². The first-order chi connectivity index (χ1) is 16.1. The van der Waals surface area contributed by atoms with Gasteiger partial charge in [-0.2, -0.15) is 0 Å². The minimum atomic E-state index is -0.189. The second kappa shape index (κ2) is 8.50. The van der Waals surface area contributed by atoms with E-state index in [1.807, 2.05) is 61.8 Å². The average Bonchev–Trinajstić information content (AvgIpc) is 3.49. The summed E-state index contributed by atoms with van der Waals surface area (Å²) in [5.41, 5.74) is 5.34. The maximum absolute atomic E-state index is 13.1. The van der Waals surface area contributed by atoms with Crippen molar-refractivity contribution in [1.82, 2.24) is 19.1 Å². The number of esters is 1. The Morgan fingerprint density at radius 2 is 1.82 bits per heavy atom. The Hall–Kier alpha value is -4.00. The number of benzene rings is 2. The third kappa shape index (κ3) is 3.65. The van der Waals surface area contributed by atoms with Crippen molar-refractivity contribution in [2.24, 2.45) is 0 Å². The Morgan fingerprint density at radius 1 is 1.06 bits per heavy atom. The molecule has 33 heavy (non-hydrogen) atoms. The van der Waals surface area contributed by atoms with Crippen LogP contribution in [0.15, 0.2) is 65.7 Å². The molecule has 2 aromatic carbocycles. The molecule has 5 rings (SSSR count). The standard InChI is InChI=1S/C26H26N4O3/c1-3-24(31)33-14-8-13-29-16-23(19-10-5-7-12-22(19)29)30-25(17(2)28-26(30)32)20-15-27-21-11-6-4-9-18(20)21/h4-7,9-12,15-16,27H,3,8,13-14H2,1-2H3,(H,28,32). The van der Waals surface area contributed by atoms with Crippen molar-refractivity contribution in [3.63, 3.8) is 0 Å². The van der Waals surface area contributed by atoms with Crippen molar-refractivity contribution in [1.29, 1.82) is 0 Å². The van der Waals surface area contributed by atoms with E-state index >= 15 is 0 Å². The Labute approximate surface area is 190 Å². The SMILES string of the molecule is CCC(=O)OCCCn1cc(-n2c(-c3c[nH]c4ccccc34)c(C)[nH]c2=O)c2ccccc21. The van der Waals surface area contributed by atoms with Crippen molar-refractivity contribution in [2.75, 3.05) is 6.61 Å². The fourth-order valence-corrected chi connectivity index (χ4v) is 4.48. The fraction of sp³-hybridized carbons (Fsp3) is 0.231. The third-order valence-electron chi connectivity index (χ3n) is 6.02. The van der Waals surface area contributed by atoms with E-state index in [-0.39, 0.29) is 11.7 Å². The first-order valence-electron chi connectivity index (χ1n) is 11.2. The lowest BCUT2D eigenvalue weighted by molar-refractivity contribution is -0.143. The van der Waals surface area contributed by atoms with Crippen LogP contribution >= 0.6 is 0 Å². The number of aromatic nitrogens is 4. The molecule has 0 atom stereocenters. The van der Waals surface area contributed by atoms with Gasteiger partial charge in [0.1, 0.15) is 0 Å². The zero-order valence-electron chi connectivity index (χ0n) is 18.7. The Morgan fingerprint density at radius 3 is 2.64 bits per heavy atom. The van der Waals surface area contributed by atoms with E-state index in [2.05, 4.69) is 20.6 Å². The number of hydrogen-bond acceptors (Lipinski definition) is 3. The van der Waals surface area contributed by atoms with E-state index in [9.17, 15) is 9.59 Å². The molecule has 3 aromatic heterocycles. The predicted molar refractivity (Wildman–Crippen MR) is 130 cm³/mol. The number of imidazole rings is 1. The molecule has 3 heterocycles. The number of ether oxygens (including phenoxy) is 1. The molecule has 0 spiro atoms. The van der Waals surface area contributed by atoms with E-state index in [1.54, 1.807) is 11.5 Å². The summed E-state index contributed by atoms with van der Waals surface area (Å²) >= 11 is 0. The number of rotatable bonds is 7. The highest BCUT2D eigenvalue weighted by Crippen LogP contribution is 2.33. The predicted octanol–water partition coefficient (Wildman–Crippen LogP) is 4.92. The number of hydrogen-bond donors (Lipinski definition) is 2. The highest BCUT2D eigenvalue weighted by Gasteiger charge is 2.21. The quantitative estimate of drug-likeness (QED) is 0.277. The van der Waals surface area contributed by atoms with Crippen molar-refractivity contribution in [3.8, 4) is 16.9 Å². The normalized spacial score (nSPS) is 11.5. The van der Waals surface area contributed by atoms with Crippen LogP contribution in [0.1, 0.15) is 25.5 Å². The number of para-hydroxylation sites is 2. The van der Waals surface area contributed by atoms with Gasteiger partial charge in [0, 0.05) is 52.9 Å². The Balaban J connectivity index is 1.61. The molecule has 0 amide bonds. The largest absolute Gasteiger partial charge is 0.466 e. The molecular formula is C26H26N4O3. The zero-order chi connectivity index (χ0) is 22.9. The van der Waals surface area contributed by atoms with Crippen LogP contribution in [-0.4, -0.2) is 31.7 Å². The number of aromatic amines is 2. The molecule has 2 N–H and O–H groups in total. The topological polar surface area (TPSA) is 84.8 Å². The van der Waals surface area contributed by atoms with Gasteiger partial charge in [-0.15, -0.1) is 0 Å². The van der Waals surface area contributed by atoms with Crippen molar-refractivity contribution < 1.29 is 9.53 Å². The van der Waals surface area contributed by atoms with Crippen LogP contribution in [0.4, 0.5) is 0 Å². The minimum absolute atomic E-state index is 0.174. The molecule has 0 aliphatic carbocycles. The molecule has 7 nitrogen and oxygen atoms in total. The maximum Gasteiger partial charge on any atom is 0.330 e. The van der Waals surface area contributed by atoms with Gasteiger partial charge in [0.25, 0.3) is 0 Å². The molecule has 0 saturated heterocycles. The van der Waals surface area contributed by atoms with Crippen LogP contribution in [0.25, 0.3) is 38.8 Å². The molecule has 0 unspecified atom stereocenters. The summed E-state index contributed by atoms with van der Waals surface area (Å²) in [6, 6.07) is 16.1. The van der Waals surface area contributed by atoms with Gasteiger partial charge < -0.3 is 19.3 Å². The average molecular weight is 443 g/mol. The van der Waals surface area contributed by atoms with Crippen LogP contribution in [0.3, 0.4) is 0 Å². The van der Waals surface area contributed by atoms with Gasteiger partial charge in [-0.1, -0.05) is 43.3 Å². The molecule has 0 aliphatic rings. The second-order valence-electron chi connectivity index (χ2n) is 8.14. The van der Waals surface area contributed by atoms with E-state index in [4.69, 9.17) is 4.74 Å². The monoisotopic (exact) mass is 442 g/mol. The molecule has 0 fully saturated rings. The number of nitrogens with zero attached hydrogens (tertiary/aromatic N) is 2. The molecule has 5 aromatic rings. The molecule has 7 heteroatoms. The van der Waals surface area contributed by atoms with Crippen molar-refractivity contribution >= 4 is 27.8 Å². The van der Waals surface area contributed by atoms with E-state index < -0.39 is 0 Å². The summed E-state index contributed by atoms with van der Waals surface area (Å²) in [4.78, 5) is 30.9. The maximum atomic E-state index is 13.1. The lowest BCUT2D eigenvalue weighted by atomic mass is 10.1. The molecule has 0 aliphatic heterocycles. The summed E-state index contributed by atoms with van der Waals surface area (Å²) in [5, 5.41) is 2.06. The first-order valence-corrected chi connectivity index (χ1v) is 11.2. The summed E-state index contributed by atoms with van der Waals surface area (Å²) < 4.78 is 9.12. The number of fused-ring (bicyclic) bond motifs is 2. The zero-order valence-corrected chi connectivity index (χ0v) is 18.7. The van der Waals surface area contributed by atoms with Crippen molar-refractivity contribution in [2.45, 2.75) is 33.2 Å². The molecule has 0 radical (unpaired) electrons. The summed E-state index contributed by atoms with van der Waals surface area (Å²) in [7, 11) is 0. The van der Waals surface area contributed by atoms with Crippen LogP contribution in [0, 0.1) is 6.92 Å². The number of nitrogens with one attached hydrogen (secondary N) is 2.